The normalized spacial score (nSPS) is 17.4. The minimum absolute atomic E-state index is 0.000711. The van der Waals surface area contributed by atoms with Crippen molar-refractivity contribution < 1.29 is 28.6 Å². The molecule has 0 spiro atoms. The van der Waals surface area contributed by atoms with Gasteiger partial charge in [0.15, 0.2) is 0 Å². The third-order valence-electron chi connectivity index (χ3n) is 5.49. The minimum atomic E-state index is -0.918. The Balaban J connectivity index is 1.81. The van der Waals surface area contributed by atoms with Gasteiger partial charge in [-0.15, -0.1) is 0 Å². The highest BCUT2D eigenvalue weighted by molar-refractivity contribution is 6.51. The molecule has 2 heterocycles. The number of aliphatic hydroxyl groups is 1. The summed E-state index contributed by atoms with van der Waals surface area (Å²) in [6, 6.07) is 14.5. The Morgan fingerprint density at radius 2 is 1.85 bits per heavy atom. The molecule has 1 amide bonds. The summed E-state index contributed by atoms with van der Waals surface area (Å²) >= 11 is 0. The fourth-order valence-corrected chi connectivity index (χ4v) is 4.04. The van der Waals surface area contributed by atoms with Crippen LogP contribution >= 0.6 is 0 Å². The number of benzene rings is 2. The predicted octanol–water partition coefficient (Wildman–Crippen LogP) is 5.40. The maximum absolute atomic E-state index is 13.2. The van der Waals surface area contributed by atoms with Crippen LogP contribution in [0.5, 0.6) is 11.5 Å². The summed E-state index contributed by atoms with van der Waals surface area (Å²) in [5.74, 6) is -0.101. The van der Waals surface area contributed by atoms with Gasteiger partial charge in [0.05, 0.1) is 24.5 Å². The molecule has 0 radical (unpaired) electrons. The Morgan fingerprint density at radius 1 is 1.12 bits per heavy atom. The molecule has 2 aromatic carbocycles. The van der Waals surface area contributed by atoms with E-state index in [4.69, 9.17) is 13.9 Å². The molecule has 1 N–H and O–H groups in total. The highest BCUT2D eigenvalue weighted by Crippen LogP contribution is 2.42. The van der Waals surface area contributed by atoms with Crippen molar-refractivity contribution in [1.82, 2.24) is 0 Å². The van der Waals surface area contributed by atoms with Gasteiger partial charge in [0.1, 0.15) is 29.1 Å². The maximum Gasteiger partial charge on any atom is 0.300 e. The Morgan fingerprint density at radius 3 is 2.44 bits per heavy atom. The number of ether oxygens (including phenoxy) is 2. The number of ketones is 1. The average molecular weight is 462 g/mol. The van der Waals surface area contributed by atoms with Crippen molar-refractivity contribution in [3.63, 3.8) is 0 Å². The average Bonchev–Trinajstić information content (AvgIpc) is 3.42. The summed E-state index contributed by atoms with van der Waals surface area (Å²) in [4.78, 5) is 27.7. The summed E-state index contributed by atoms with van der Waals surface area (Å²) in [5, 5.41) is 11.2. The van der Waals surface area contributed by atoms with Crippen LogP contribution in [0.3, 0.4) is 0 Å². The van der Waals surface area contributed by atoms with Gasteiger partial charge in [-0.1, -0.05) is 0 Å². The second kappa shape index (κ2) is 9.47. The molecule has 1 fully saturated rings. The quantitative estimate of drug-likeness (QED) is 0.288. The molecule has 1 atom stereocenters. The predicted molar refractivity (Wildman–Crippen MR) is 128 cm³/mol. The number of aliphatic hydroxyl groups excluding tert-OH is 1. The second-order valence-corrected chi connectivity index (χ2v) is 8.26. The summed E-state index contributed by atoms with van der Waals surface area (Å²) in [5.41, 5.74) is 1.67. The van der Waals surface area contributed by atoms with Gasteiger partial charge in [0.2, 0.25) is 0 Å². The first-order valence-electron chi connectivity index (χ1n) is 11.2. The third-order valence-corrected chi connectivity index (χ3v) is 5.49. The van der Waals surface area contributed by atoms with Crippen molar-refractivity contribution >= 4 is 23.1 Å². The number of amides is 1. The zero-order valence-corrected chi connectivity index (χ0v) is 19.6. The first kappa shape index (κ1) is 23.2. The van der Waals surface area contributed by atoms with Gasteiger partial charge in [-0.2, -0.15) is 0 Å². The molecule has 7 nitrogen and oxygen atoms in total. The fraction of sp³-hybridized carbons (Fsp3) is 0.259. The van der Waals surface area contributed by atoms with Crippen LogP contribution in [0.15, 0.2) is 70.9 Å². The standard InChI is InChI=1S/C27H27NO6/c1-5-32-21-13-8-18(15-17(21)4)25(29)23-24(22-7-6-14-33-22)28(27(31)26(23)30)19-9-11-20(12-10-19)34-16(2)3/h6-16,24,29H,5H2,1-4H3/b25-23-. The lowest BCUT2D eigenvalue weighted by atomic mass is 9.98. The molecule has 34 heavy (non-hydrogen) atoms. The van der Waals surface area contributed by atoms with Crippen molar-refractivity contribution in [2.75, 3.05) is 11.5 Å². The van der Waals surface area contributed by atoms with E-state index in [0.717, 1.165) is 5.56 Å². The van der Waals surface area contributed by atoms with E-state index in [9.17, 15) is 14.7 Å². The van der Waals surface area contributed by atoms with E-state index in [1.54, 1.807) is 54.6 Å². The number of hydrogen-bond donors (Lipinski definition) is 1. The maximum atomic E-state index is 13.2. The number of nitrogens with zero attached hydrogens (tertiary/aromatic N) is 1. The molecule has 0 bridgehead atoms. The third kappa shape index (κ3) is 4.29. The summed E-state index contributed by atoms with van der Waals surface area (Å²) in [6.45, 7) is 8.10. The van der Waals surface area contributed by atoms with Crippen molar-refractivity contribution in [2.45, 2.75) is 39.8 Å². The smallest absolute Gasteiger partial charge is 0.300 e. The zero-order valence-electron chi connectivity index (χ0n) is 19.6. The van der Waals surface area contributed by atoms with E-state index in [1.807, 2.05) is 27.7 Å². The van der Waals surface area contributed by atoms with Gasteiger partial charge in [-0.05, 0) is 87.9 Å². The van der Waals surface area contributed by atoms with Gasteiger partial charge >= 0.3 is 0 Å². The van der Waals surface area contributed by atoms with Crippen LogP contribution in [-0.2, 0) is 9.59 Å². The molecule has 1 unspecified atom stereocenters. The number of carbonyl (C=O) groups is 2. The number of furan rings is 1. The first-order chi connectivity index (χ1) is 16.3. The molecule has 0 aliphatic carbocycles. The minimum Gasteiger partial charge on any atom is -0.507 e. The van der Waals surface area contributed by atoms with Crippen LogP contribution in [0.2, 0.25) is 0 Å². The molecular weight excluding hydrogens is 434 g/mol. The molecule has 3 aromatic rings. The van der Waals surface area contributed by atoms with Gasteiger partial charge in [0, 0.05) is 11.3 Å². The molecule has 1 saturated heterocycles. The molecular formula is C27H27NO6. The fourth-order valence-electron chi connectivity index (χ4n) is 4.04. The lowest BCUT2D eigenvalue weighted by molar-refractivity contribution is -0.132. The lowest BCUT2D eigenvalue weighted by Gasteiger charge is -2.23. The highest BCUT2D eigenvalue weighted by atomic mass is 16.5. The van der Waals surface area contributed by atoms with Crippen LogP contribution in [0, 0.1) is 6.92 Å². The van der Waals surface area contributed by atoms with Crippen LogP contribution in [-0.4, -0.2) is 29.5 Å². The Bertz CT molecular complexity index is 1220. The zero-order chi connectivity index (χ0) is 24.4. The van der Waals surface area contributed by atoms with E-state index in [2.05, 4.69) is 0 Å². The number of rotatable bonds is 7. The molecule has 0 saturated carbocycles. The van der Waals surface area contributed by atoms with Crippen molar-refractivity contribution in [2.24, 2.45) is 0 Å². The summed E-state index contributed by atoms with van der Waals surface area (Å²) < 4.78 is 16.9. The monoisotopic (exact) mass is 461 g/mol. The van der Waals surface area contributed by atoms with Crippen LogP contribution in [0.1, 0.15) is 43.7 Å². The van der Waals surface area contributed by atoms with Gasteiger partial charge in [-0.25, -0.2) is 0 Å². The molecule has 1 aromatic heterocycles. The largest absolute Gasteiger partial charge is 0.507 e. The van der Waals surface area contributed by atoms with E-state index in [1.165, 1.54) is 11.2 Å². The number of Topliss-reactive ketones (excluding diaryl/α,β-unsaturated/α-hetero) is 1. The second-order valence-electron chi connectivity index (χ2n) is 8.26. The Labute approximate surface area is 198 Å². The number of carbonyl (C=O) groups excluding carboxylic acids is 2. The number of aryl methyl sites for hydroxylation is 1. The molecule has 1 aliphatic heterocycles. The Hall–Kier alpha value is -4.00. The van der Waals surface area contributed by atoms with Crippen LogP contribution in [0.4, 0.5) is 5.69 Å². The highest BCUT2D eigenvalue weighted by Gasteiger charge is 2.48. The van der Waals surface area contributed by atoms with Crippen LogP contribution in [0.25, 0.3) is 5.76 Å². The first-order valence-corrected chi connectivity index (χ1v) is 11.2. The van der Waals surface area contributed by atoms with E-state index in [-0.39, 0.29) is 17.4 Å². The molecule has 4 rings (SSSR count). The van der Waals surface area contributed by atoms with Gasteiger partial charge in [-0.3, -0.25) is 14.5 Å². The summed E-state index contributed by atoms with van der Waals surface area (Å²) in [7, 11) is 0. The topological polar surface area (TPSA) is 89.2 Å². The van der Waals surface area contributed by atoms with Gasteiger partial charge in [0.25, 0.3) is 11.7 Å². The SMILES string of the molecule is CCOc1ccc(/C(O)=C2/C(=O)C(=O)N(c3ccc(OC(C)C)cc3)C2c2ccco2)cc1C. The number of hydrogen-bond acceptors (Lipinski definition) is 6. The van der Waals surface area contributed by atoms with E-state index < -0.39 is 17.7 Å². The van der Waals surface area contributed by atoms with Crippen LogP contribution < -0.4 is 14.4 Å². The Kier molecular flexibility index (Phi) is 6.45. The van der Waals surface area contributed by atoms with Gasteiger partial charge < -0.3 is 19.0 Å². The molecule has 176 valence electrons. The molecule has 7 heteroatoms. The number of anilines is 1. The van der Waals surface area contributed by atoms with E-state index in [0.29, 0.717) is 35.1 Å². The summed E-state index contributed by atoms with van der Waals surface area (Å²) in [6.07, 6.45) is 1.47. The van der Waals surface area contributed by atoms with Crippen molar-refractivity contribution in [3.05, 3.63) is 83.3 Å². The van der Waals surface area contributed by atoms with E-state index >= 15 is 0 Å². The van der Waals surface area contributed by atoms with Crippen molar-refractivity contribution in [1.29, 1.82) is 0 Å². The molecule has 1 aliphatic rings. The van der Waals surface area contributed by atoms with Crippen molar-refractivity contribution in [3.8, 4) is 11.5 Å². The lowest BCUT2D eigenvalue weighted by Crippen LogP contribution is -2.29.